The maximum atomic E-state index is 14.6. The van der Waals surface area contributed by atoms with E-state index in [0.29, 0.717) is 10.7 Å². The fourth-order valence-corrected chi connectivity index (χ4v) is 4.40. The van der Waals surface area contributed by atoms with Crippen LogP contribution in [-0.2, 0) is 4.79 Å². The van der Waals surface area contributed by atoms with Gasteiger partial charge in [0.2, 0.25) is 0 Å². The molecule has 0 saturated heterocycles. The molecule has 2 bridgehead atoms. The smallest absolute Gasteiger partial charge is 0.272 e. The number of carbonyl (C=O) groups is 2. The Kier molecular flexibility index (Phi) is 4.57. The van der Waals surface area contributed by atoms with Gasteiger partial charge in [0.25, 0.3) is 5.91 Å². The van der Waals surface area contributed by atoms with Gasteiger partial charge in [-0.3, -0.25) is 9.59 Å². The summed E-state index contributed by atoms with van der Waals surface area (Å²) in [5.74, 6) is -0.365. The monoisotopic (exact) mass is 403 g/mol. The molecule has 0 radical (unpaired) electrons. The molecule has 1 heterocycles. The normalized spacial score (nSPS) is 20.3. The van der Waals surface area contributed by atoms with Crippen LogP contribution in [0.5, 0.6) is 0 Å². The van der Waals surface area contributed by atoms with Crippen molar-refractivity contribution in [2.75, 3.05) is 6.54 Å². The number of Topliss-reactive ketones (excluding diaryl/α,β-unsaturated/α-hetero) is 1. The number of ketones is 1. The lowest BCUT2D eigenvalue weighted by atomic mass is 9.91. The molecule has 5 nitrogen and oxygen atoms in total. The first-order valence-corrected chi connectivity index (χ1v) is 9.94. The average Bonchev–Trinajstić information content (AvgIpc) is 3.31. The van der Waals surface area contributed by atoms with Crippen molar-refractivity contribution in [3.8, 4) is 5.69 Å². The van der Waals surface area contributed by atoms with E-state index < -0.39 is 11.2 Å². The topological polar surface area (TPSA) is 64.0 Å². The van der Waals surface area contributed by atoms with E-state index in [1.807, 2.05) is 20.8 Å². The molecule has 1 amide bonds. The van der Waals surface area contributed by atoms with Crippen LogP contribution in [0.15, 0.2) is 18.2 Å². The molecule has 1 aromatic carbocycles. The summed E-state index contributed by atoms with van der Waals surface area (Å²) in [6.07, 6.45) is 2.99. The van der Waals surface area contributed by atoms with Gasteiger partial charge in [0, 0.05) is 21.9 Å². The molecule has 2 aliphatic carbocycles. The molecule has 28 heavy (non-hydrogen) atoms. The van der Waals surface area contributed by atoms with Crippen molar-refractivity contribution in [2.24, 2.45) is 5.41 Å². The van der Waals surface area contributed by atoms with Crippen molar-refractivity contribution >= 4 is 23.3 Å². The fraction of sp³-hybridized carbons (Fsp3) is 0.476. The van der Waals surface area contributed by atoms with Gasteiger partial charge < -0.3 is 5.32 Å². The predicted octanol–water partition coefficient (Wildman–Crippen LogP) is 4.37. The summed E-state index contributed by atoms with van der Waals surface area (Å²) in [4.78, 5) is 25.0. The summed E-state index contributed by atoms with van der Waals surface area (Å²) in [6, 6.07) is 4.45. The number of halogens is 2. The molecule has 0 aliphatic heterocycles. The molecular weight excluding hydrogens is 381 g/mol. The van der Waals surface area contributed by atoms with E-state index >= 15 is 0 Å². The largest absolute Gasteiger partial charge is 0.344 e. The number of benzene rings is 1. The minimum absolute atomic E-state index is 0.0482. The highest BCUT2D eigenvalue weighted by Gasteiger charge is 2.44. The molecule has 7 heteroatoms. The Labute approximate surface area is 168 Å². The third kappa shape index (κ3) is 3.13. The van der Waals surface area contributed by atoms with Crippen LogP contribution >= 0.6 is 11.6 Å². The lowest BCUT2D eigenvalue weighted by Crippen LogP contribution is -2.36. The number of aromatic nitrogens is 2. The van der Waals surface area contributed by atoms with Crippen LogP contribution in [0.4, 0.5) is 4.39 Å². The second-order valence-corrected chi connectivity index (χ2v) is 9.15. The van der Waals surface area contributed by atoms with Gasteiger partial charge in [-0.2, -0.15) is 5.10 Å². The van der Waals surface area contributed by atoms with E-state index in [1.165, 1.54) is 6.07 Å². The fourth-order valence-electron chi connectivity index (χ4n) is 4.24. The van der Waals surface area contributed by atoms with Gasteiger partial charge in [0.05, 0.1) is 12.2 Å². The van der Waals surface area contributed by atoms with Crippen LogP contribution < -0.4 is 5.32 Å². The van der Waals surface area contributed by atoms with E-state index in [9.17, 15) is 14.0 Å². The molecule has 1 saturated carbocycles. The molecule has 4 rings (SSSR count). The lowest BCUT2D eigenvalue weighted by Gasteiger charge is -2.17. The Balaban J connectivity index is 1.71. The molecule has 2 aliphatic rings. The minimum Gasteiger partial charge on any atom is -0.344 e. The maximum absolute atomic E-state index is 14.6. The summed E-state index contributed by atoms with van der Waals surface area (Å²) in [7, 11) is 0. The Morgan fingerprint density at radius 3 is 2.68 bits per heavy atom. The number of amides is 1. The third-order valence-corrected chi connectivity index (χ3v) is 6.02. The first-order valence-electron chi connectivity index (χ1n) is 9.56. The summed E-state index contributed by atoms with van der Waals surface area (Å²) >= 11 is 5.88. The van der Waals surface area contributed by atoms with E-state index in [-0.39, 0.29) is 35.8 Å². The van der Waals surface area contributed by atoms with Crippen LogP contribution in [0, 0.1) is 11.2 Å². The van der Waals surface area contributed by atoms with Crippen molar-refractivity contribution in [2.45, 2.75) is 51.9 Å². The zero-order chi connectivity index (χ0) is 20.2. The number of hydrogen-bond acceptors (Lipinski definition) is 3. The molecule has 0 unspecified atom stereocenters. The lowest BCUT2D eigenvalue weighted by molar-refractivity contribution is -0.125. The van der Waals surface area contributed by atoms with Gasteiger partial charge in [-0.05, 0) is 43.4 Å². The number of rotatable bonds is 4. The molecule has 148 valence electrons. The molecule has 2 aromatic rings. The highest BCUT2D eigenvalue weighted by Crippen LogP contribution is 2.54. The van der Waals surface area contributed by atoms with Gasteiger partial charge in [0.1, 0.15) is 11.5 Å². The van der Waals surface area contributed by atoms with E-state index in [2.05, 4.69) is 10.4 Å². The zero-order valence-electron chi connectivity index (χ0n) is 16.2. The van der Waals surface area contributed by atoms with Crippen LogP contribution in [-0.4, -0.2) is 28.0 Å². The van der Waals surface area contributed by atoms with Crippen LogP contribution in [0.2, 0.25) is 5.02 Å². The average molecular weight is 404 g/mol. The van der Waals surface area contributed by atoms with Gasteiger partial charge in [-0.1, -0.05) is 32.4 Å². The highest BCUT2D eigenvalue weighted by molar-refractivity contribution is 6.30. The first-order chi connectivity index (χ1) is 13.2. The minimum atomic E-state index is -0.528. The van der Waals surface area contributed by atoms with E-state index in [1.54, 1.807) is 16.8 Å². The molecule has 0 spiro atoms. The second kappa shape index (κ2) is 6.69. The standard InChI is InChI=1S/C21H23ClFN3O2/c1-21(2,3)16(27)10-24-20(28)18-17-11-4-5-12(8-11)19(17)26(25-18)15-7-6-13(22)9-14(15)23/h6-7,9,11-12H,4-5,8,10H2,1-3H3,(H,24,28)/t11-,12+/m0/s1. The van der Waals surface area contributed by atoms with Gasteiger partial charge in [-0.15, -0.1) is 0 Å². The van der Waals surface area contributed by atoms with Crippen molar-refractivity contribution in [3.63, 3.8) is 0 Å². The van der Waals surface area contributed by atoms with Crippen molar-refractivity contribution < 1.29 is 14.0 Å². The summed E-state index contributed by atoms with van der Waals surface area (Å²) in [5.41, 5.74) is 1.90. The molecule has 1 N–H and O–H groups in total. The van der Waals surface area contributed by atoms with Gasteiger partial charge in [0.15, 0.2) is 11.5 Å². The summed E-state index contributed by atoms with van der Waals surface area (Å²) < 4.78 is 16.1. The Morgan fingerprint density at radius 2 is 2.00 bits per heavy atom. The van der Waals surface area contributed by atoms with Crippen LogP contribution in [0.3, 0.4) is 0 Å². The number of fused-ring (bicyclic) bond motifs is 5. The summed E-state index contributed by atoms with van der Waals surface area (Å²) in [5, 5.41) is 7.50. The van der Waals surface area contributed by atoms with Crippen molar-refractivity contribution in [1.29, 1.82) is 0 Å². The van der Waals surface area contributed by atoms with Crippen molar-refractivity contribution in [1.82, 2.24) is 15.1 Å². The predicted molar refractivity (Wildman–Crippen MR) is 105 cm³/mol. The SMILES string of the molecule is CC(C)(C)C(=O)CNC(=O)c1nn(-c2ccc(Cl)cc2F)c2c1[C@H]1CC[C@@H]2C1. The first kappa shape index (κ1) is 19.1. The number of hydrogen-bond donors (Lipinski definition) is 1. The maximum Gasteiger partial charge on any atom is 0.272 e. The Hall–Kier alpha value is -2.21. The molecule has 1 aromatic heterocycles. The summed E-state index contributed by atoms with van der Waals surface area (Å²) in [6.45, 7) is 5.40. The molecule has 1 fully saturated rings. The Bertz CT molecular complexity index is 977. The highest BCUT2D eigenvalue weighted by atomic mass is 35.5. The molecular formula is C21H23ClFN3O2. The number of carbonyl (C=O) groups excluding carboxylic acids is 2. The zero-order valence-corrected chi connectivity index (χ0v) is 16.9. The van der Waals surface area contributed by atoms with Gasteiger partial charge in [-0.25, -0.2) is 9.07 Å². The van der Waals surface area contributed by atoms with Crippen molar-refractivity contribution in [3.05, 3.63) is 46.0 Å². The van der Waals surface area contributed by atoms with Crippen LogP contribution in [0.25, 0.3) is 5.69 Å². The van der Waals surface area contributed by atoms with E-state index in [4.69, 9.17) is 11.6 Å². The Morgan fingerprint density at radius 1 is 1.29 bits per heavy atom. The van der Waals surface area contributed by atoms with Crippen LogP contribution in [0.1, 0.15) is 73.6 Å². The second-order valence-electron chi connectivity index (χ2n) is 8.72. The number of nitrogens with one attached hydrogen (secondary N) is 1. The number of nitrogens with zero attached hydrogens (tertiary/aromatic N) is 2. The quantitative estimate of drug-likeness (QED) is 0.824. The van der Waals surface area contributed by atoms with E-state index in [0.717, 1.165) is 30.5 Å². The third-order valence-electron chi connectivity index (χ3n) is 5.79. The molecule has 2 atom stereocenters. The van der Waals surface area contributed by atoms with Gasteiger partial charge >= 0.3 is 0 Å².